The van der Waals surface area contributed by atoms with Gasteiger partial charge in [0.1, 0.15) is 6.54 Å². The van der Waals surface area contributed by atoms with E-state index >= 15 is 0 Å². The smallest absolute Gasteiger partial charge is 0.240 e. The highest BCUT2D eigenvalue weighted by molar-refractivity contribution is 7.99. The Balaban J connectivity index is 1.54. The molecular formula is C22H27N3O2S. The minimum Gasteiger partial charge on any atom is -0.352 e. The quantitative estimate of drug-likeness (QED) is 0.847. The minimum atomic E-state index is -0.0629. The van der Waals surface area contributed by atoms with E-state index in [0.717, 1.165) is 29.2 Å². The molecule has 1 fully saturated rings. The second-order valence-electron chi connectivity index (χ2n) is 7.58. The normalized spacial score (nSPS) is 18.3. The van der Waals surface area contributed by atoms with Crippen molar-refractivity contribution in [2.45, 2.75) is 56.0 Å². The van der Waals surface area contributed by atoms with Crippen molar-refractivity contribution in [3.8, 4) is 5.69 Å². The maximum absolute atomic E-state index is 12.9. The number of anilines is 1. The van der Waals surface area contributed by atoms with Crippen LogP contribution in [0.15, 0.2) is 47.6 Å². The lowest BCUT2D eigenvalue weighted by molar-refractivity contribution is -0.123. The maximum atomic E-state index is 12.9. The molecule has 28 heavy (non-hydrogen) atoms. The van der Waals surface area contributed by atoms with E-state index < -0.39 is 0 Å². The first-order valence-electron chi connectivity index (χ1n) is 10.2. The molecule has 0 atom stereocenters. The molecule has 2 aliphatic rings. The number of hydrogen-bond donors (Lipinski definition) is 1. The Morgan fingerprint density at radius 2 is 1.71 bits per heavy atom. The van der Waals surface area contributed by atoms with Crippen LogP contribution in [0, 0.1) is 0 Å². The fourth-order valence-electron chi connectivity index (χ4n) is 4.12. The molecule has 1 aliphatic carbocycles. The number of nitrogens with zero attached hydrogens (tertiary/aromatic N) is 2. The van der Waals surface area contributed by atoms with Crippen molar-refractivity contribution in [2.24, 2.45) is 0 Å². The van der Waals surface area contributed by atoms with Gasteiger partial charge in [-0.25, -0.2) is 0 Å². The van der Waals surface area contributed by atoms with E-state index in [-0.39, 0.29) is 24.4 Å². The van der Waals surface area contributed by atoms with Gasteiger partial charge in [0.05, 0.1) is 22.2 Å². The predicted molar refractivity (Wildman–Crippen MR) is 113 cm³/mol. The fraction of sp³-hybridized carbons (Fsp3) is 0.455. The van der Waals surface area contributed by atoms with Crippen molar-refractivity contribution in [3.05, 3.63) is 42.6 Å². The van der Waals surface area contributed by atoms with Gasteiger partial charge in [0.25, 0.3) is 0 Å². The number of nitrogens with one attached hydrogen (secondary N) is 1. The number of thioether (sulfide) groups is 1. The molecule has 1 aromatic carbocycles. The van der Waals surface area contributed by atoms with E-state index in [2.05, 4.69) is 9.88 Å². The molecule has 0 unspecified atom stereocenters. The summed E-state index contributed by atoms with van der Waals surface area (Å²) in [6.07, 6.45) is 10.2. The summed E-state index contributed by atoms with van der Waals surface area (Å²) in [5.74, 6) is 0.236. The average Bonchev–Trinajstić information content (AvgIpc) is 3.13. The number of benzene rings is 1. The van der Waals surface area contributed by atoms with E-state index in [9.17, 15) is 9.59 Å². The van der Waals surface area contributed by atoms with Crippen LogP contribution in [0.25, 0.3) is 5.69 Å². The zero-order valence-electron chi connectivity index (χ0n) is 16.1. The highest BCUT2D eigenvalue weighted by atomic mass is 32.2. The van der Waals surface area contributed by atoms with Gasteiger partial charge in [-0.05, 0) is 37.1 Å². The molecule has 4 rings (SSSR count). The van der Waals surface area contributed by atoms with Crippen LogP contribution in [0.4, 0.5) is 5.69 Å². The van der Waals surface area contributed by atoms with E-state index in [1.54, 1.807) is 4.90 Å². The van der Waals surface area contributed by atoms with Crippen molar-refractivity contribution >= 4 is 29.3 Å². The first-order valence-corrected chi connectivity index (χ1v) is 11.2. The highest BCUT2D eigenvalue weighted by Crippen LogP contribution is 2.33. The lowest BCUT2D eigenvalue weighted by Gasteiger charge is -2.29. The molecule has 1 N–H and O–H groups in total. The first kappa shape index (κ1) is 19.1. The first-order chi connectivity index (χ1) is 13.7. The summed E-state index contributed by atoms with van der Waals surface area (Å²) in [4.78, 5) is 27.4. The Hall–Kier alpha value is -2.21. The fourth-order valence-corrected chi connectivity index (χ4v) is 5.02. The van der Waals surface area contributed by atoms with Gasteiger partial charge in [0, 0.05) is 12.2 Å². The van der Waals surface area contributed by atoms with Gasteiger partial charge in [-0.15, -0.1) is 0 Å². The third-order valence-electron chi connectivity index (χ3n) is 5.56. The van der Waals surface area contributed by atoms with E-state index in [4.69, 9.17) is 0 Å². The van der Waals surface area contributed by atoms with Crippen molar-refractivity contribution in [2.75, 3.05) is 17.2 Å². The number of hydrogen-bond acceptors (Lipinski definition) is 3. The van der Waals surface area contributed by atoms with Gasteiger partial charge in [-0.1, -0.05) is 56.0 Å². The zero-order chi connectivity index (χ0) is 19.3. The number of amides is 2. The van der Waals surface area contributed by atoms with Gasteiger partial charge >= 0.3 is 0 Å². The summed E-state index contributed by atoms with van der Waals surface area (Å²) in [5, 5.41) is 4.23. The van der Waals surface area contributed by atoms with Gasteiger partial charge in [0.15, 0.2) is 0 Å². The average molecular weight is 398 g/mol. The standard InChI is InChI=1S/C22H27N3O2S/c26-20(23-17-9-4-2-1-3-5-10-17)15-25-19-12-7-6-11-18(19)24-14-8-13-22(24)28-16-21(25)27/h6-8,11-14,17H,1-5,9-10,15-16H2,(H,23,26). The summed E-state index contributed by atoms with van der Waals surface area (Å²) in [7, 11) is 0. The van der Waals surface area contributed by atoms with Crippen LogP contribution < -0.4 is 10.2 Å². The molecule has 1 saturated carbocycles. The number of aromatic nitrogens is 1. The molecule has 0 saturated heterocycles. The number of fused-ring (bicyclic) bond motifs is 3. The highest BCUT2D eigenvalue weighted by Gasteiger charge is 2.26. The molecule has 2 aromatic rings. The lowest BCUT2D eigenvalue weighted by Crippen LogP contribution is -2.45. The van der Waals surface area contributed by atoms with Gasteiger partial charge in [-0.3, -0.25) is 9.59 Å². The van der Waals surface area contributed by atoms with Crippen molar-refractivity contribution in [1.29, 1.82) is 0 Å². The largest absolute Gasteiger partial charge is 0.352 e. The van der Waals surface area contributed by atoms with Crippen molar-refractivity contribution in [3.63, 3.8) is 0 Å². The number of carbonyl (C=O) groups is 2. The minimum absolute atomic E-state index is 0.0299. The zero-order valence-corrected chi connectivity index (χ0v) is 16.9. The number of carbonyl (C=O) groups excluding carboxylic acids is 2. The lowest BCUT2D eigenvalue weighted by atomic mass is 9.97. The third kappa shape index (κ3) is 4.27. The molecule has 0 bridgehead atoms. The maximum Gasteiger partial charge on any atom is 0.240 e. The number of rotatable bonds is 3. The topological polar surface area (TPSA) is 54.3 Å². The molecule has 2 amide bonds. The van der Waals surface area contributed by atoms with Gasteiger partial charge in [-0.2, -0.15) is 0 Å². The van der Waals surface area contributed by atoms with Crippen molar-refractivity contribution in [1.82, 2.24) is 9.88 Å². The SMILES string of the molecule is O=C(CN1C(=O)CSc2cccn2-c2ccccc21)NC1CCCCCCC1. The molecule has 0 radical (unpaired) electrons. The summed E-state index contributed by atoms with van der Waals surface area (Å²) < 4.78 is 2.09. The van der Waals surface area contributed by atoms with Crippen LogP contribution in [0.5, 0.6) is 0 Å². The van der Waals surface area contributed by atoms with Crippen LogP contribution in [0.1, 0.15) is 44.9 Å². The van der Waals surface area contributed by atoms with Gasteiger partial charge < -0.3 is 14.8 Å². The van der Waals surface area contributed by atoms with Crippen LogP contribution in [-0.4, -0.2) is 34.7 Å². The van der Waals surface area contributed by atoms with E-state index in [1.807, 2.05) is 42.6 Å². The molecule has 2 heterocycles. The molecule has 6 heteroatoms. The summed E-state index contributed by atoms with van der Waals surface area (Å²) in [6, 6.07) is 12.1. The monoisotopic (exact) mass is 397 g/mol. The van der Waals surface area contributed by atoms with Crippen LogP contribution in [0.3, 0.4) is 0 Å². The Kier molecular flexibility index (Phi) is 6.05. The van der Waals surface area contributed by atoms with E-state index in [1.165, 1.54) is 43.9 Å². The Bertz CT molecular complexity index is 840. The summed E-state index contributed by atoms with van der Waals surface area (Å²) >= 11 is 1.51. The predicted octanol–water partition coefficient (Wildman–Crippen LogP) is 4.15. The van der Waals surface area contributed by atoms with Crippen LogP contribution in [-0.2, 0) is 9.59 Å². The molecule has 1 aliphatic heterocycles. The van der Waals surface area contributed by atoms with E-state index in [0.29, 0.717) is 5.75 Å². The van der Waals surface area contributed by atoms with Crippen LogP contribution in [0.2, 0.25) is 0 Å². The van der Waals surface area contributed by atoms with Crippen LogP contribution >= 0.6 is 11.8 Å². The third-order valence-corrected chi connectivity index (χ3v) is 6.58. The molecule has 0 spiro atoms. The Morgan fingerprint density at radius 3 is 2.50 bits per heavy atom. The van der Waals surface area contributed by atoms with Gasteiger partial charge in [0.2, 0.25) is 11.8 Å². The Morgan fingerprint density at radius 1 is 1.00 bits per heavy atom. The molecule has 148 valence electrons. The second kappa shape index (κ2) is 8.86. The molecular weight excluding hydrogens is 370 g/mol. The molecule has 1 aromatic heterocycles. The summed E-state index contributed by atoms with van der Waals surface area (Å²) in [5.41, 5.74) is 1.72. The van der Waals surface area contributed by atoms with Crippen molar-refractivity contribution < 1.29 is 9.59 Å². The Labute approximate surface area is 170 Å². The molecule has 5 nitrogen and oxygen atoms in total. The number of para-hydroxylation sites is 2. The summed E-state index contributed by atoms with van der Waals surface area (Å²) in [6.45, 7) is 0.0729. The second-order valence-corrected chi connectivity index (χ2v) is 8.58.